The lowest BCUT2D eigenvalue weighted by Gasteiger charge is -2.22. The lowest BCUT2D eigenvalue weighted by atomic mass is 9.96. The molecule has 0 aromatic rings. The van der Waals surface area contributed by atoms with Gasteiger partial charge in [-0.3, -0.25) is 9.59 Å². The first-order valence-electron chi connectivity index (χ1n) is 5.08. The number of rotatable bonds is 7. The van der Waals surface area contributed by atoms with Gasteiger partial charge >= 0.3 is 17.9 Å². The molecule has 0 aromatic heterocycles. The summed E-state index contributed by atoms with van der Waals surface area (Å²) in [5, 5.41) is 26.7. The molecule has 0 saturated heterocycles. The highest BCUT2D eigenvalue weighted by Crippen LogP contribution is 2.17. The van der Waals surface area contributed by atoms with E-state index in [9.17, 15) is 19.5 Å². The molecule has 0 heterocycles. The Morgan fingerprint density at radius 3 is 2.00 bits per heavy atom. The predicted octanol–water partition coefficient (Wildman–Crippen LogP) is -1.05. The number of carbonyl (C=O) groups excluding carboxylic acids is 1. The number of aliphatic carboxylic acids is 2. The molecule has 0 rings (SSSR count). The van der Waals surface area contributed by atoms with E-state index in [-0.39, 0.29) is 6.61 Å². The van der Waals surface area contributed by atoms with Gasteiger partial charge in [0.1, 0.15) is 6.61 Å². The van der Waals surface area contributed by atoms with E-state index in [1.165, 1.54) is 0 Å². The second-order valence-electron chi connectivity index (χ2n) is 4.73. The zero-order valence-electron chi connectivity index (χ0n) is 10.2. The average molecular weight is 263 g/mol. The zero-order chi connectivity index (χ0) is 14.6. The van der Waals surface area contributed by atoms with Gasteiger partial charge in [0.05, 0.1) is 12.8 Å². The number of carboxylic acids is 2. The van der Waals surface area contributed by atoms with E-state index in [1.54, 1.807) is 13.8 Å². The van der Waals surface area contributed by atoms with Crippen LogP contribution in [-0.4, -0.2) is 51.0 Å². The lowest BCUT2D eigenvalue weighted by Crippen LogP contribution is -2.44. The van der Waals surface area contributed by atoms with Crippen LogP contribution in [0.4, 0.5) is 0 Å². The Hall–Kier alpha value is -1.67. The Balaban J connectivity index is 4.56. The summed E-state index contributed by atoms with van der Waals surface area (Å²) in [7, 11) is 0. The van der Waals surface area contributed by atoms with Crippen molar-refractivity contribution in [1.29, 1.82) is 0 Å². The third-order valence-corrected chi connectivity index (χ3v) is 1.88. The van der Waals surface area contributed by atoms with Crippen LogP contribution in [0.25, 0.3) is 0 Å². The summed E-state index contributed by atoms with van der Waals surface area (Å²) in [6.07, 6.45) is -2.05. The number of esters is 1. The molecule has 1 atom stereocenters. The topological polar surface area (TPSA) is 147 Å². The van der Waals surface area contributed by atoms with Crippen molar-refractivity contribution in [2.75, 3.05) is 6.61 Å². The molecule has 0 bridgehead atoms. The van der Waals surface area contributed by atoms with Gasteiger partial charge in [-0.15, -0.1) is 0 Å². The number of nitrogens with two attached hydrogens (primary N) is 1. The Labute approximate surface area is 103 Å². The van der Waals surface area contributed by atoms with Crippen LogP contribution in [0.5, 0.6) is 0 Å². The minimum atomic E-state index is -2.68. The maximum atomic E-state index is 11.3. The van der Waals surface area contributed by atoms with Gasteiger partial charge in [-0.2, -0.15) is 0 Å². The minimum absolute atomic E-state index is 0.172. The predicted molar refractivity (Wildman–Crippen MR) is 58.7 cm³/mol. The highest BCUT2D eigenvalue weighted by atomic mass is 16.5. The van der Waals surface area contributed by atoms with E-state index in [0.717, 1.165) is 0 Å². The van der Waals surface area contributed by atoms with E-state index in [4.69, 9.17) is 15.9 Å². The summed E-state index contributed by atoms with van der Waals surface area (Å²) < 4.78 is 4.65. The summed E-state index contributed by atoms with van der Waals surface area (Å²) in [5.41, 5.74) is 2.06. The van der Waals surface area contributed by atoms with Crippen LogP contribution in [0.15, 0.2) is 0 Å². The highest BCUT2D eigenvalue weighted by molar-refractivity contribution is 5.88. The molecular formula is C10H17NO7. The van der Waals surface area contributed by atoms with Crippen LogP contribution < -0.4 is 5.73 Å². The molecule has 0 spiro atoms. The van der Waals surface area contributed by atoms with Gasteiger partial charge in [-0.05, 0) is 13.8 Å². The second kappa shape index (κ2) is 5.78. The lowest BCUT2D eigenvalue weighted by molar-refractivity contribution is -0.172. The first kappa shape index (κ1) is 16.3. The number of hydrogen-bond acceptors (Lipinski definition) is 6. The largest absolute Gasteiger partial charge is 0.481 e. The monoisotopic (exact) mass is 263 g/mol. The molecule has 104 valence electrons. The van der Waals surface area contributed by atoms with Crippen molar-refractivity contribution in [2.24, 2.45) is 5.73 Å². The summed E-state index contributed by atoms with van der Waals surface area (Å²) in [6, 6.07) is 0. The van der Waals surface area contributed by atoms with Gasteiger partial charge < -0.3 is 25.8 Å². The first-order valence-corrected chi connectivity index (χ1v) is 5.08. The van der Waals surface area contributed by atoms with E-state index in [2.05, 4.69) is 4.74 Å². The van der Waals surface area contributed by atoms with E-state index < -0.39 is 41.9 Å². The maximum Gasteiger partial charge on any atom is 0.336 e. The molecule has 0 fully saturated rings. The molecule has 0 aliphatic carbocycles. The molecule has 0 aliphatic rings. The van der Waals surface area contributed by atoms with E-state index in [1.807, 2.05) is 0 Å². The SMILES string of the molecule is CC(C)(N)COC(=O)CC(O)(CC(=O)O)C(=O)O. The molecule has 8 heteroatoms. The normalized spacial score (nSPS) is 14.7. The fourth-order valence-corrected chi connectivity index (χ4v) is 1.02. The van der Waals surface area contributed by atoms with E-state index in [0.29, 0.717) is 0 Å². The molecule has 18 heavy (non-hydrogen) atoms. The second-order valence-corrected chi connectivity index (χ2v) is 4.73. The Morgan fingerprint density at radius 2 is 1.67 bits per heavy atom. The first-order chi connectivity index (χ1) is 7.96. The van der Waals surface area contributed by atoms with Gasteiger partial charge in [0.2, 0.25) is 0 Å². The Bertz CT molecular complexity index is 347. The summed E-state index contributed by atoms with van der Waals surface area (Å²) in [6.45, 7) is 3.00. The number of ether oxygens (including phenoxy) is 1. The summed E-state index contributed by atoms with van der Waals surface area (Å²) >= 11 is 0. The Morgan fingerprint density at radius 1 is 1.17 bits per heavy atom. The highest BCUT2D eigenvalue weighted by Gasteiger charge is 2.41. The van der Waals surface area contributed by atoms with Crippen LogP contribution in [0.2, 0.25) is 0 Å². The molecule has 0 radical (unpaired) electrons. The van der Waals surface area contributed by atoms with Crippen LogP contribution >= 0.6 is 0 Å². The van der Waals surface area contributed by atoms with Crippen molar-refractivity contribution >= 4 is 17.9 Å². The molecular weight excluding hydrogens is 246 g/mol. The quantitative estimate of drug-likeness (QED) is 0.425. The fourth-order valence-electron chi connectivity index (χ4n) is 1.02. The summed E-state index contributed by atoms with van der Waals surface area (Å²) in [4.78, 5) is 32.5. The van der Waals surface area contributed by atoms with Gasteiger partial charge in [-0.1, -0.05) is 0 Å². The third-order valence-electron chi connectivity index (χ3n) is 1.88. The van der Waals surface area contributed by atoms with Crippen molar-refractivity contribution in [3.8, 4) is 0 Å². The van der Waals surface area contributed by atoms with Crippen molar-refractivity contribution < 1.29 is 34.4 Å². The van der Waals surface area contributed by atoms with Gasteiger partial charge in [-0.25, -0.2) is 4.79 Å². The molecule has 0 saturated carbocycles. The van der Waals surface area contributed by atoms with Gasteiger partial charge in [0.25, 0.3) is 0 Å². The van der Waals surface area contributed by atoms with Crippen LogP contribution in [-0.2, 0) is 19.1 Å². The van der Waals surface area contributed by atoms with Gasteiger partial charge in [0, 0.05) is 5.54 Å². The standard InChI is InChI=1S/C10H17NO7/c1-9(2,11)5-18-7(14)4-10(17,8(15)16)3-6(12)13/h17H,3-5,11H2,1-2H3,(H,12,13)(H,15,16). The van der Waals surface area contributed by atoms with Crippen LogP contribution in [0.1, 0.15) is 26.7 Å². The molecule has 5 N–H and O–H groups in total. The zero-order valence-corrected chi connectivity index (χ0v) is 10.2. The number of carbonyl (C=O) groups is 3. The van der Waals surface area contributed by atoms with Crippen molar-refractivity contribution in [3.05, 3.63) is 0 Å². The Kier molecular flexibility index (Phi) is 5.25. The smallest absolute Gasteiger partial charge is 0.336 e. The van der Waals surface area contributed by atoms with Crippen LogP contribution in [0, 0.1) is 0 Å². The number of carboxylic acid groups (broad SMARTS) is 2. The molecule has 1 unspecified atom stereocenters. The average Bonchev–Trinajstić information content (AvgIpc) is 2.11. The van der Waals surface area contributed by atoms with Crippen molar-refractivity contribution in [3.63, 3.8) is 0 Å². The van der Waals surface area contributed by atoms with E-state index >= 15 is 0 Å². The van der Waals surface area contributed by atoms with Crippen molar-refractivity contribution in [1.82, 2.24) is 0 Å². The molecule has 8 nitrogen and oxygen atoms in total. The van der Waals surface area contributed by atoms with Crippen LogP contribution in [0.3, 0.4) is 0 Å². The summed E-state index contributed by atoms with van der Waals surface area (Å²) in [5.74, 6) is -4.36. The van der Waals surface area contributed by atoms with Crippen molar-refractivity contribution in [2.45, 2.75) is 37.8 Å². The minimum Gasteiger partial charge on any atom is -0.481 e. The van der Waals surface area contributed by atoms with Gasteiger partial charge in [0.15, 0.2) is 5.60 Å². The number of hydrogen-bond donors (Lipinski definition) is 4. The molecule has 0 aliphatic heterocycles. The number of aliphatic hydroxyl groups is 1. The molecule has 0 amide bonds. The fraction of sp³-hybridized carbons (Fsp3) is 0.700. The molecule has 0 aromatic carbocycles. The third kappa shape index (κ3) is 6.16. The maximum absolute atomic E-state index is 11.3.